The number of carbonyl (C=O) groups excluding carboxylic acids is 1. The molecule has 24 heavy (non-hydrogen) atoms. The summed E-state index contributed by atoms with van der Waals surface area (Å²) in [5.41, 5.74) is 1.50. The van der Waals surface area contributed by atoms with Crippen LogP contribution in [0.5, 0.6) is 0 Å². The third kappa shape index (κ3) is 3.22. The third-order valence-corrected chi connectivity index (χ3v) is 4.27. The van der Waals surface area contributed by atoms with Gasteiger partial charge in [0, 0.05) is 29.7 Å². The topological polar surface area (TPSA) is 70.5 Å². The maximum Gasteiger partial charge on any atom is 0.308 e. The van der Waals surface area contributed by atoms with Crippen LogP contribution in [0, 0.1) is 18.7 Å². The molecule has 1 aromatic heterocycles. The summed E-state index contributed by atoms with van der Waals surface area (Å²) in [6.45, 7) is 3.52. The van der Waals surface area contributed by atoms with E-state index >= 15 is 0 Å². The average Bonchev–Trinajstić information content (AvgIpc) is 3.35. The van der Waals surface area contributed by atoms with Gasteiger partial charge in [0.2, 0.25) is 0 Å². The van der Waals surface area contributed by atoms with E-state index in [1.54, 1.807) is 30.9 Å². The van der Waals surface area contributed by atoms with Crippen LogP contribution in [0.15, 0.2) is 24.3 Å². The molecule has 5 nitrogen and oxygen atoms in total. The van der Waals surface area contributed by atoms with Gasteiger partial charge in [0.1, 0.15) is 5.82 Å². The number of halogens is 1. The Morgan fingerprint density at radius 1 is 1.38 bits per heavy atom. The van der Waals surface area contributed by atoms with Gasteiger partial charge in [-0.1, -0.05) is 6.92 Å². The second kappa shape index (κ2) is 6.19. The number of aliphatic carboxylic acids is 1. The van der Waals surface area contributed by atoms with E-state index in [2.05, 4.69) is 4.98 Å². The Labute approximate surface area is 139 Å². The Bertz CT molecular complexity index is 812. The van der Waals surface area contributed by atoms with Crippen LogP contribution in [0.3, 0.4) is 0 Å². The molecule has 0 bridgehead atoms. The number of fused-ring (bicyclic) bond motifs is 1. The quantitative estimate of drug-likeness (QED) is 0.915. The summed E-state index contributed by atoms with van der Waals surface area (Å²) in [5.74, 6) is -2.18. The minimum Gasteiger partial charge on any atom is -0.481 e. The lowest BCUT2D eigenvalue weighted by Crippen LogP contribution is -2.38. The fourth-order valence-corrected chi connectivity index (χ4v) is 2.82. The summed E-state index contributed by atoms with van der Waals surface area (Å²) in [5, 5.41) is 9.73. The van der Waals surface area contributed by atoms with Gasteiger partial charge in [0.15, 0.2) is 0 Å². The SMILES string of the molecule is Cc1cc(C(=O)N(CC(C)C(=O)O)C2CC2)c2ccc(F)cc2n1. The zero-order valence-corrected chi connectivity index (χ0v) is 13.6. The lowest BCUT2D eigenvalue weighted by molar-refractivity contribution is -0.141. The minimum atomic E-state index is -0.925. The fraction of sp³-hybridized carbons (Fsp3) is 0.389. The Balaban J connectivity index is 2.01. The van der Waals surface area contributed by atoms with Gasteiger partial charge in [-0.25, -0.2) is 4.39 Å². The molecule has 0 saturated heterocycles. The van der Waals surface area contributed by atoms with E-state index in [4.69, 9.17) is 5.11 Å². The van der Waals surface area contributed by atoms with E-state index < -0.39 is 17.7 Å². The van der Waals surface area contributed by atoms with Crippen LogP contribution in [-0.4, -0.2) is 39.5 Å². The zero-order chi connectivity index (χ0) is 17.4. The summed E-state index contributed by atoms with van der Waals surface area (Å²) in [4.78, 5) is 30.1. The predicted molar refractivity (Wildman–Crippen MR) is 87.3 cm³/mol. The largest absolute Gasteiger partial charge is 0.481 e. The number of hydrogen-bond donors (Lipinski definition) is 1. The molecule has 1 aromatic carbocycles. The molecule has 1 heterocycles. The number of pyridine rings is 1. The first kappa shape index (κ1) is 16.4. The molecular weight excluding hydrogens is 311 g/mol. The number of carboxylic acids is 1. The third-order valence-electron chi connectivity index (χ3n) is 4.27. The van der Waals surface area contributed by atoms with Crippen LogP contribution < -0.4 is 0 Å². The summed E-state index contributed by atoms with van der Waals surface area (Å²) < 4.78 is 13.5. The smallest absolute Gasteiger partial charge is 0.308 e. The molecule has 0 aliphatic heterocycles. The maximum absolute atomic E-state index is 13.5. The van der Waals surface area contributed by atoms with Crippen LogP contribution in [0.1, 0.15) is 35.8 Å². The summed E-state index contributed by atoms with van der Waals surface area (Å²) in [6.07, 6.45) is 1.77. The van der Waals surface area contributed by atoms with Gasteiger partial charge in [0.25, 0.3) is 5.91 Å². The van der Waals surface area contributed by atoms with Gasteiger partial charge in [-0.05, 0) is 38.0 Å². The number of nitrogens with zero attached hydrogens (tertiary/aromatic N) is 2. The first-order valence-electron chi connectivity index (χ1n) is 7.97. The average molecular weight is 330 g/mol. The summed E-state index contributed by atoms with van der Waals surface area (Å²) in [7, 11) is 0. The van der Waals surface area contributed by atoms with E-state index in [1.165, 1.54) is 12.1 Å². The maximum atomic E-state index is 13.5. The normalized spacial score (nSPS) is 15.3. The van der Waals surface area contributed by atoms with E-state index in [-0.39, 0.29) is 18.5 Å². The predicted octanol–water partition coefficient (Wildman–Crippen LogP) is 3.01. The Kier molecular flexibility index (Phi) is 4.22. The monoisotopic (exact) mass is 330 g/mol. The molecule has 2 aromatic rings. The van der Waals surface area contributed by atoms with E-state index in [0.29, 0.717) is 22.2 Å². The minimum absolute atomic E-state index is 0.0864. The number of benzene rings is 1. The van der Waals surface area contributed by atoms with Crippen molar-refractivity contribution < 1.29 is 19.1 Å². The van der Waals surface area contributed by atoms with E-state index in [0.717, 1.165) is 12.8 Å². The Hall–Kier alpha value is -2.50. The van der Waals surface area contributed by atoms with Crippen LogP contribution in [0.25, 0.3) is 10.9 Å². The highest BCUT2D eigenvalue weighted by Gasteiger charge is 2.35. The first-order chi connectivity index (χ1) is 11.4. The lowest BCUT2D eigenvalue weighted by atomic mass is 10.0. The van der Waals surface area contributed by atoms with Gasteiger partial charge < -0.3 is 10.0 Å². The molecule has 0 spiro atoms. The van der Waals surface area contributed by atoms with Crippen molar-refractivity contribution in [3.63, 3.8) is 0 Å². The molecule has 1 atom stereocenters. The van der Waals surface area contributed by atoms with Crippen molar-refractivity contribution in [1.29, 1.82) is 0 Å². The number of carboxylic acid groups (broad SMARTS) is 1. The molecule has 126 valence electrons. The van der Waals surface area contributed by atoms with Crippen molar-refractivity contribution in [2.75, 3.05) is 6.54 Å². The van der Waals surface area contributed by atoms with Crippen molar-refractivity contribution in [2.24, 2.45) is 5.92 Å². The standard InChI is InChI=1S/C18H19FN2O3/c1-10(18(23)24)9-21(13-4-5-13)17(22)15-7-11(2)20-16-8-12(19)3-6-14(15)16/h3,6-8,10,13H,4-5,9H2,1-2H3,(H,23,24). The van der Waals surface area contributed by atoms with Crippen LogP contribution in [-0.2, 0) is 4.79 Å². The van der Waals surface area contributed by atoms with Crippen LogP contribution in [0.2, 0.25) is 0 Å². The van der Waals surface area contributed by atoms with Crippen molar-refractivity contribution in [3.8, 4) is 0 Å². The number of hydrogen-bond acceptors (Lipinski definition) is 3. The second-order valence-electron chi connectivity index (χ2n) is 6.40. The lowest BCUT2D eigenvalue weighted by Gasteiger charge is -2.25. The van der Waals surface area contributed by atoms with Crippen molar-refractivity contribution >= 4 is 22.8 Å². The number of aryl methyl sites for hydroxylation is 1. The number of amides is 1. The molecule has 1 aliphatic rings. The molecule has 3 rings (SSSR count). The molecule has 1 fully saturated rings. The van der Waals surface area contributed by atoms with Crippen LogP contribution >= 0.6 is 0 Å². The van der Waals surface area contributed by atoms with Gasteiger partial charge in [-0.15, -0.1) is 0 Å². The molecular formula is C18H19FN2O3. The number of carbonyl (C=O) groups is 2. The van der Waals surface area contributed by atoms with E-state index in [9.17, 15) is 14.0 Å². The van der Waals surface area contributed by atoms with Gasteiger partial charge in [0.05, 0.1) is 17.0 Å². The highest BCUT2D eigenvalue weighted by molar-refractivity contribution is 6.06. The van der Waals surface area contributed by atoms with Gasteiger partial charge in [-0.2, -0.15) is 0 Å². The van der Waals surface area contributed by atoms with Crippen molar-refractivity contribution in [2.45, 2.75) is 32.7 Å². The molecule has 0 radical (unpaired) electrons. The number of aromatic nitrogens is 1. The Morgan fingerprint density at radius 2 is 2.08 bits per heavy atom. The first-order valence-corrected chi connectivity index (χ1v) is 7.97. The highest BCUT2D eigenvalue weighted by Crippen LogP contribution is 2.31. The molecule has 1 aliphatic carbocycles. The molecule has 6 heteroatoms. The molecule has 1 N–H and O–H groups in total. The summed E-state index contributed by atoms with van der Waals surface area (Å²) in [6, 6.07) is 5.93. The van der Waals surface area contributed by atoms with E-state index in [1.807, 2.05) is 0 Å². The van der Waals surface area contributed by atoms with Crippen molar-refractivity contribution in [1.82, 2.24) is 9.88 Å². The Morgan fingerprint density at radius 3 is 2.71 bits per heavy atom. The molecule has 1 amide bonds. The molecule has 1 saturated carbocycles. The second-order valence-corrected chi connectivity index (χ2v) is 6.40. The van der Waals surface area contributed by atoms with Gasteiger partial charge >= 0.3 is 5.97 Å². The highest BCUT2D eigenvalue weighted by atomic mass is 19.1. The summed E-state index contributed by atoms with van der Waals surface area (Å²) >= 11 is 0. The molecule has 1 unspecified atom stereocenters. The van der Waals surface area contributed by atoms with Crippen molar-refractivity contribution in [3.05, 3.63) is 41.3 Å². The van der Waals surface area contributed by atoms with Gasteiger partial charge in [-0.3, -0.25) is 14.6 Å². The number of rotatable bonds is 5. The van der Waals surface area contributed by atoms with Crippen LogP contribution in [0.4, 0.5) is 4.39 Å². The fourth-order valence-electron chi connectivity index (χ4n) is 2.82. The zero-order valence-electron chi connectivity index (χ0n) is 13.6.